The maximum Gasteiger partial charge on any atom is 0.333 e. The van der Waals surface area contributed by atoms with Crippen LogP contribution in [0.1, 0.15) is 25.0 Å². The fourth-order valence-corrected chi connectivity index (χ4v) is 2.18. The van der Waals surface area contributed by atoms with Crippen LogP contribution in [0.2, 0.25) is 0 Å². The first-order valence-corrected chi connectivity index (χ1v) is 5.56. The quantitative estimate of drug-likeness (QED) is 0.604. The molecule has 1 heterocycles. The van der Waals surface area contributed by atoms with Crippen molar-refractivity contribution in [1.82, 2.24) is 9.78 Å². The standard InChI is InChI=1S/C10H16N4O3/c1-7-8(14(16)17)9(13(2)12-7)11-10(6-15)4-3-5-10/h11,15H,3-6H2,1-2H3. The molecule has 17 heavy (non-hydrogen) atoms. The molecule has 7 heteroatoms. The summed E-state index contributed by atoms with van der Waals surface area (Å²) in [4.78, 5) is 10.6. The van der Waals surface area contributed by atoms with Gasteiger partial charge in [-0.25, -0.2) is 4.68 Å². The Kier molecular flexibility index (Phi) is 2.78. The topological polar surface area (TPSA) is 93.2 Å². The molecule has 0 aromatic carbocycles. The minimum Gasteiger partial charge on any atom is -0.394 e. The van der Waals surface area contributed by atoms with E-state index in [1.54, 1.807) is 14.0 Å². The van der Waals surface area contributed by atoms with Gasteiger partial charge in [0.2, 0.25) is 5.82 Å². The van der Waals surface area contributed by atoms with Gasteiger partial charge in [-0.15, -0.1) is 0 Å². The smallest absolute Gasteiger partial charge is 0.333 e. The summed E-state index contributed by atoms with van der Waals surface area (Å²) in [6, 6.07) is 0. The number of nitrogens with zero attached hydrogens (tertiary/aromatic N) is 3. The van der Waals surface area contributed by atoms with Gasteiger partial charge in [0.1, 0.15) is 5.69 Å². The lowest BCUT2D eigenvalue weighted by atomic mass is 9.77. The first kappa shape index (κ1) is 11.8. The number of rotatable bonds is 4. The normalized spacial score (nSPS) is 17.6. The first-order chi connectivity index (χ1) is 7.99. The first-order valence-electron chi connectivity index (χ1n) is 5.56. The van der Waals surface area contributed by atoms with Gasteiger partial charge < -0.3 is 10.4 Å². The molecule has 0 atom stereocenters. The lowest BCUT2D eigenvalue weighted by Gasteiger charge is -2.41. The molecule has 94 valence electrons. The molecule has 1 saturated carbocycles. The summed E-state index contributed by atoms with van der Waals surface area (Å²) >= 11 is 0. The number of aromatic nitrogens is 2. The van der Waals surface area contributed by atoms with Crippen molar-refractivity contribution < 1.29 is 10.0 Å². The molecule has 0 bridgehead atoms. The number of nitrogens with one attached hydrogen (secondary N) is 1. The highest BCUT2D eigenvalue weighted by Crippen LogP contribution is 2.38. The second kappa shape index (κ2) is 3.99. The Morgan fingerprint density at radius 1 is 1.65 bits per heavy atom. The number of aliphatic hydroxyl groups excluding tert-OH is 1. The number of aliphatic hydroxyl groups is 1. The van der Waals surface area contributed by atoms with Gasteiger partial charge in [0.25, 0.3) is 0 Å². The van der Waals surface area contributed by atoms with Crippen molar-refractivity contribution >= 4 is 11.5 Å². The summed E-state index contributed by atoms with van der Waals surface area (Å²) in [6.07, 6.45) is 2.67. The number of hydrogen-bond acceptors (Lipinski definition) is 5. The van der Waals surface area contributed by atoms with Crippen molar-refractivity contribution in [3.8, 4) is 0 Å². The third kappa shape index (κ3) is 1.86. The van der Waals surface area contributed by atoms with Crippen LogP contribution >= 0.6 is 0 Å². The SMILES string of the molecule is Cc1nn(C)c(NC2(CO)CCC2)c1[N+](=O)[O-]. The van der Waals surface area contributed by atoms with E-state index in [0.717, 1.165) is 19.3 Å². The maximum atomic E-state index is 11.0. The Labute approximate surface area is 98.6 Å². The van der Waals surface area contributed by atoms with E-state index in [1.807, 2.05) is 0 Å². The van der Waals surface area contributed by atoms with Crippen molar-refractivity contribution in [1.29, 1.82) is 0 Å². The molecule has 1 fully saturated rings. The minimum absolute atomic E-state index is 0.00720. The van der Waals surface area contributed by atoms with Crippen molar-refractivity contribution in [2.75, 3.05) is 11.9 Å². The number of anilines is 1. The molecule has 2 N–H and O–H groups in total. The Morgan fingerprint density at radius 2 is 2.29 bits per heavy atom. The molecule has 2 rings (SSSR count). The van der Waals surface area contributed by atoms with E-state index in [4.69, 9.17) is 0 Å². The molecule has 0 unspecified atom stereocenters. The van der Waals surface area contributed by atoms with Crippen LogP contribution in [0.5, 0.6) is 0 Å². The predicted molar refractivity (Wildman–Crippen MR) is 61.9 cm³/mol. The molecule has 1 aromatic heterocycles. The second-order valence-electron chi connectivity index (χ2n) is 4.58. The lowest BCUT2D eigenvalue weighted by Crippen LogP contribution is -2.48. The largest absolute Gasteiger partial charge is 0.394 e. The number of hydrogen-bond donors (Lipinski definition) is 2. The number of aryl methyl sites for hydroxylation is 2. The van der Waals surface area contributed by atoms with E-state index in [2.05, 4.69) is 10.4 Å². The van der Waals surface area contributed by atoms with Gasteiger partial charge in [0, 0.05) is 7.05 Å². The van der Waals surface area contributed by atoms with E-state index in [-0.39, 0.29) is 12.3 Å². The fourth-order valence-electron chi connectivity index (χ4n) is 2.18. The molecular formula is C10H16N4O3. The average Bonchev–Trinajstić information content (AvgIpc) is 2.47. The average molecular weight is 240 g/mol. The van der Waals surface area contributed by atoms with Gasteiger partial charge >= 0.3 is 5.69 Å². The zero-order valence-corrected chi connectivity index (χ0v) is 9.93. The van der Waals surface area contributed by atoms with Crippen LogP contribution in [0.15, 0.2) is 0 Å². The molecule has 1 aromatic rings. The Bertz CT molecular complexity index is 445. The van der Waals surface area contributed by atoms with E-state index in [0.29, 0.717) is 11.5 Å². The predicted octanol–water partition coefficient (Wildman–Crippen LogP) is 0.964. The third-order valence-corrected chi connectivity index (χ3v) is 3.37. The van der Waals surface area contributed by atoms with E-state index in [9.17, 15) is 15.2 Å². The highest BCUT2D eigenvalue weighted by Gasteiger charge is 2.39. The van der Waals surface area contributed by atoms with E-state index < -0.39 is 10.5 Å². The van der Waals surface area contributed by atoms with Crippen molar-refractivity contribution in [3.05, 3.63) is 15.8 Å². The van der Waals surface area contributed by atoms with Gasteiger partial charge in [0.15, 0.2) is 0 Å². The molecular weight excluding hydrogens is 224 g/mol. The highest BCUT2D eigenvalue weighted by atomic mass is 16.6. The molecule has 0 radical (unpaired) electrons. The fraction of sp³-hybridized carbons (Fsp3) is 0.700. The van der Waals surface area contributed by atoms with Crippen LogP contribution in [0.4, 0.5) is 11.5 Å². The molecule has 1 aliphatic carbocycles. The minimum atomic E-state index is -0.436. The van der Waals surface area contributed by atoms with Crippen LogP contribution < -0.4 is 5.32 Å². The Morgan fingerprint density at radius 3 is 2.71 bits per heavy atom. The summed E-state index contributed by atoms with van der Waals surface area (Å²) in [6.45, 7) is 1.59. The van der Waals surface area contributed by atoms with Crippen molar-refractivity contribution in [2.24, 2.45) is 7.05 Å². The van der Waals surface area contributed by atoms with Gasteiger partial charge in [-0.05, 0) is 26.2 Å². The summed E-state index contributed by atoms with van der Waals surface area (Å²) < 4.78 is 1.46. The molecule has 0 spiro atoms. The molecule has 0 aliphatic heterocycles. The maximum absolute atomic E-state index is 11.0. The number of nitro groups is 1. The van der Waals surface area contributed by atoms with Gasteiger partial charge in [-0.2, -0.15) is 5.10 Å². The molecule has 0 amide bonds. The van der Waals surface area contributed by atoms with Gasteiger partial charge in [-0.1, -0.05) is 0 Å². The van der Waals surface area contributed by atoms with Crippen molar-refractivity contribution in [3.63, 3.8) is 0 Å². The summed E-state index contributed by atoms with van der Waals surface area (Å²) in [5, 5.41) is 27.5. The van der Waals surface area contributed by atoms with Crippen LogP contribution in [-0.4, -0.2) is 32.0 Å². The zero-order valence-electron chi connectivity index (χ0n) is 9.93. The molecule has 1 aliphatic rings. The van der Waals surface area contributed by atoms with Crippen LogP contribution in [-0.2, 0) is 7.05 Å². The van der Waals surface area contributed by atoms with Gasteiger partial charge in [-0.3, -0.25) is 10.1 Å². The summed E-state index contributed by atoms with van der Waals surface area (Å²) in [7, 11) is 1.66. The van der Waals surface area contributed by atoms with E-state index >= 15 is 0 Å². The lowest BCUT2D eigenvalue weighted by molar-refractivity contribution is -0.384. The van der Waals surface area contributed by atoms with Crippen LogP contribution in [0.25, 0.3) is 0 Å². The Hall–Kier alpha value is -1.63. The molecule has 7 nitrogen and oxygen atoms in total. The highest BCUT2D eigenvalue weighted by molar-refractivity contribution is 5.61. The van der Waals surface area contributed by atoms with Crippen molar-refractivity contribution in [2.45, 2.75) is 31.7 Å². The summed E-state index contributed by atoms with van der Waals surface area (Å²) in [5.41, 5.74) is -0.0370. The zero-order chi connectivity index (χ0) is 12.6. The second-order valence-corrected chi connectivity index (χ2v) is 4.58. The summed E-state index contributed by atoms with van der Waals surface area (Å²) in [5.74, 6) is 0.376. The van der Waals surface area contributed by atoms with E-state index in [1.165, 1.54) is 4.68 Å². The Balaban J connectivity index is 2.35. The van der Waals surface area contributed by atoms with Gasteiger partial charge in [0.05, 0.1) is 17.1 Å². The molecule has 0 saturated heterocycles. The third-order valence-electron chi connectivity index (χ3n) is 3.37. The van der Waals surface area contributed by atoms with Crippen LogP contribution in [0.3, 0.4) is 0 Å². The van der Waals surface area contributed by atoms with Crippen LogP contribution in [0, 0.1) is 17.0 Å². The monoisotopic (exact) mass is 240 g/mol.